The van der Waals surface area contributed by atoms with Crippen molar-refractivity contribution in [3.63, 3.8) is 0 Å². The summed E-state index contributed by atoms with van der Waals surface area (Å²) in [4.78, 5) is 1.97. The van der Waals surface area contributed by atoms with Crippen LogP contribution in [0.2, 0.25) is 0 Å². The zero-order chi connectivity index (χ0) is 36.6. The number of hydrogen-bond donors (Lipinski definition) is 2. The van der Waals surface area contributed by atoms with Gasteiger partial charge in [0.05, 0.1) is 11.2 Å². The molecule has 4 aromatic carbocycles. The lowest BCUT2D eigenvalue weighted by molar-refractivity contribution is -0.432. The molecule has 2 aliphatic rings. The second-order valence-corrected chi connectivity index (χ2v) is 16.7. The van der Waals surface area contributed by atoms with E-state index in [0.717, 1.165) is 55.5 Å². The van der Waals surface area contributed by atoms with E-state index < -0.39 is 42.6 Å². The average molecular weight is 724 g/mol. The summed E-state index contributed by atoms with van der Waals surface area (Å²) in [5, 5.41) is 4.29. The van der Waals surface area contributed by atoms with Crippen molar-refractivity contribution in [2.24, 2.45) is 0 Å². The summed E-state index contributed by atoms with van der Waals surface area (Å²) in [5.41, 5.74) is 4.60. The van der Waals surface area contributed by atoms with Crippen LogP contribution in [0.4, 0.5) is 11.4 Å². The van der Waals surface area contributed by atoms with Gasteiger partial charge in [-0.15, -0.1) is 13.2 Å². The first kappa shape index (κ1) is 36.2. The highest BCUT2D eigenvalue weighted by Crippen LogP contribution is 2.53. The Morgan fingerprint density at radius 2 is 1.31 bits per heavy atom. The molecule has 6 rings (SSSR count). The Balaban J connectivity index is 1.44. The Morgan fingerprint density at radius 1 is 0.725 bits per heavy atom. The van der Waals surface area contributed by atoms with E-state index in [1.807, 2.05) is 101 Å². The van der Waals surface area contributed by atoms with Gasteiger partial charge in [-0.1, -0.05) is 85.0 Å². The van der Waals surface area contributed by atoms with Crippen molar-refractivity contribution in [2.45, 2.75) is 37.5 Å². The van der Waals surface area contributed by atoms with E-state index in [9.17, 15) is 25.9 Å². The molecule has 0 spiro atoms. The van der Waals surface area contributed by atoms with Crippen molar-refractivity contribution in [2.75, 3.05) is 29.5 Å². The summed E-state index contributed by atoms with van der Waals surface area (Å²) in [6.07, 6.45) is 14.6. The second kappa shape index (κ2) is 13.8. The Labute approximate surface area is 300 Å². The van der Waals surface area contributed by atoms with E-state index in [1.165, 1.54) is 0 Å². The number of nitrogens with zero attached hydrogens (tertiary/aromatic N) is 2. The van der Waals surface area contributed by atoms with E-state index in [1.54, 1.807) is 0 Å². The molecule has 0 aromatic heterocycles. The summed E-state index contributed by atoms with van der Waals surface area (Å²) >= 11 is 0. The maximum absolute atomic E-state index is 11.9. The van der Waals surface area contributed by atoms with Crippen molar-refractivity contribution in [1.29, 1.82) is 0 Å². The normalized spacial score (nSPS) is 21.4. The molecule has 2 unspecified atom stereocenters. The quantitative estimate of drug-likeness (QED) is 0.0621. The Morgan fingerprint density at radius 3 is 1.94 bits per heavy atom. The average Bonchev–Trinajstić information content (AvgIpc) is 3.46. The monoisotopic (exact) mass is 723 g/mol. The van der Waals surface area contributed by atoms with Crippen LogP contribution in [0.5, 0.6) is 0 Å². The molecule has 0 saturated heterocycles. The molecule has 0 bridgehead atoms. The molecule has 4 aromatic rings. The first-order chi connectivity index (χ1) is 24.2. The van der Waals surface area contributed by atoms with Gasteiger partial charge in [0.1, 0.15) is 5.75 Å². The third-order valence-corrected chi connectivity index (χ3v) is 11.6. The van der Waals surface area contributed by atoms with Gasteiger partial charge in [-0.05, 0) is 72.0 Å². The molecule has 51 heavy (non-hydrogen) atoms. The lowest BCUT2D eigenvalue weighted by Gasteiger charge is -2.29. The Bertz CT molecular complexity index is 2410. The molecule has 0 aliphatic carbocycles. The topological polar surface area (TPSA) is 115 Å². The van der Waals surface area contributed by atoms with Crippen molar-refractivity contribution in [1.82, 2.24) is 0 Å². The van der Waals surface area contributed by atoms with Crippen LogP contribution in [0.1, 0.15) is 37.8 Å². The molecule has 0 radical (unpaired) electrons. The first-order valence-corrected chi connectivity index (χ1v) is 20.1. The lowest BCUT2D eigenvalue weighted by Crippen LogP contribution is -2.32. The van der Waals surface area contributed by atoms with E-state index in [-0.39, 0.29) is 13.1 Å². The van der Waals surface area contributed by atoms with Gasteiger partial charge in [0.25, 0.3) is 20.2 Å². The highest BCUT2D eigenvalue weighted by Gasteiger charge is 2.48. The Kier molecular flexibility index (Phi) is 9.82. The van der Waals surface area contributed by atoms with Gasteiger partial charge in [-0.25, -0.2) is 0 Å². The molecule has 0 amide bonds. The number of fused-ring (bicyclic) bond motifs is 6. The van der Waals surface area contributed by atoms with Gasteiger partial charge < -0.3 is 4.90 Å². The molecule has 2 N–H and O–H groups in total. The molecule has 8 nitrogen and oxygen atoms in total. The van der Waals surface area contributed by atoms with Gasteiger partial charge in [-0.3, -0.25) is 9.11 Å². The first-order valence-electron chi connectivity index (χ1n) is 16.9. The fourth-order valence-corrected chi connectivity index (χ4v) is 8.86. The SMILES string of the molecule is C=CCC1(C)C(/C=C/C=C/C=C2\N(CCS(=O)(=O)O)c3ccc4ccccc4c3C2(C)CC=C)=[N+](CCS(=O)(=O)O)c2ccc3ccccc3c21. The summed E-state index contributed by atoms with van der Waals surface area (Å²) < 4.78 is 69.1. The molecule has 264 valence electrons. The highest BCUT2D eigenvalue weighted by molar-refractivity contribution is 7.86. The number of anilines is 1. The van der Waals surface area contributed by atoms with Crippen molar-refractivity contribution < 1.29 is 30.5 Å². The third kappa shape index (κ3) is 6.89. The highest BCUT2D eigenvalue weighted by atomic mass is 32.2. The maximum atomic E-state index is 11.9. The minimum absolute atomic E-state index is 0.0686. The number of allylic oxidation sites excluding steroid dienone is 8. The maximum Gasteiger partial charge on any atom is 0.271 e. The number of rotatable bonds is 13. The zero-order valence-corrected chi connectivity index (χ0v) is 30.5. The van der Waals surface area contributed by atoms with Crippen LogP contribution in [0.3, 0.4) is 0 Å². The van der Waals surface area contributed by atoms with Gasteiger partial charge in [0, 0.05) is 41.1 Å². The minimum Gasteiger partial charge on any atom is -0.343 e. The van der Waals surface area contributed by atoms with Crippen LogP contribution in [0.15, 0.2) is 134 Å². The van der Waals surface area contributed by atoms with Crippen LogP contribution in [0.25, 0.3) is 21.5 Å². The van der Waals surface area contributed by atoms with Crippen molar-refractivity contribution >= 4 is 58.9 Å². The predicted molar refractivity (Wildman–Crippen MR) is 209 cm³/mol. The molecular formula is C41H43N2O6S2+. The predicted octanol–water partition coefficient (Wildman–Crippen LogP) is 8.05. The van der Waals surface area contributed by atoms with Crippen LogP contribution >= 0.6 is 0 Å². The Hall–Kier alpha value is -4.61. The van der Waals surface area contributed by atoms with Gasteiger partial charge >= 0.3 is 0 Å². The summed E-state index contributed by atoms with van der Waals surface area (Å²) in [6.45, 7) is 12.5. The second-order valence-electron chi connectivity index (χ2n) is 13.6. The third-order valence-electron chi connectivity index (χ3n) is 10.2. The van der Waals surface area contributed by atoms with E-state index in [0.29, 0.717) is 12.8 Å². The number of hydrogen-bond acceptors (Lipinski definition) is 5. The van der Waals surface area contributed by atoms with Gasteiger partial charge in [-0.2, -0.15) is 21.4 Å². The molecule has 2 heterocycles. The van der Waals surface area contributed by atoms with E-state index >= 15 is 0 Å². The number of benzene rings is 4. The lowest BCUT2D eigenvalue weighted by atomic mass is 9.74. The molecule has 0 fully saturated rings. The standard InChI is InChI=1S/C41H42N2O6S2/c1-5-24-40(3)36(42(26-28-50(44,45)46)34-22-20-30-14-10-12-16-32(30)38(34)40)18-8-7-9-19-37-41(4,25-6-2)39-33-17-13-11-15-31(33)21-23-35(39)43(37)27-29-51(47,48)49/h5-23H,1-2,24-29H2,3-4H3,(H-,44,45,46,47,48,49)/p+1. The zero-order valence-electron chi connectivity index (χ0n) is 28.9. The van der Waals surface area contributed by atoms with E-state index in [2.05, 4.69) is 51.3 Å². The van der Waals surface area contributed by atoms with Crippen LogP contribution in [0, 0.1) is 0 Å². The molecule has 2 atom stereocenters. The van der Waals surface area contributed by atoms with Crippen LogP contribution in [-0.2, 0) is 31.1 Å². The molecule has 10 heteroatoms. The molecular weight excluding hydrogens is 681 g/mol. The smallest absolute Gasteiger partial charge is 0.271 e. The van der Waals surface area contributed by atoms with E-state index in [4.69, 9.17) is 0 Å². The summed E-state index contributed by atoms with van der Waals surface area (Å²) in [6, 6.07) is 24.3. The summed E-state index contributed by atoms with van der Waals surface area (Å²) in [7, 11) is -8.45. The fourth-order valence-electron chi connectivity index (χ4n) is 8.03. The molecule has 0 saturated carbocycles. The van der Waals surface area contributed by atoms with Gasteiger partial charge in [0.2, 0.25) is 5.69 Å². The van der Waals surface area contributed by atoms with Crippen LogP contribution < -0.4 is 4.90 Å². The minimum atomic E-state index is -4.23. The van der Waals surface area contributed by atoms with Crippen molar-refractivity contribution in [3.8, 4) is 0 Å². The summed E-state index contributed by atoms with van der Waals surface area (Å²) in [5.74, 6) is -0.863. The van der Waals surface area contributed by atoms with Crippen LogP contribution in [-0.4, -0.2) is 60.8 Å². The van der Waals surface area contributed by atoms with Crippen molar-refractivity contribution in [3.05, 3.63) is 145 Å². The van der Waals surface area contributed by atoms with Gasteiger partial charge in [0.15, 0.2) is 12.3 Å². The fraction of sp³-hybridized carbons (Fsp3) is 0.244. The molecule has 2 aliphatic heterocycles. The largest absolute Gasteiger partial charge is 0.343 e.